The molecule has 7 nitrogen and oxygen atoms in total. The summed E-state index contributed by atoms with van der Waals surface area (Å²) < 4.78 is 68.8. The van der Waals surface area contributed by atoms with Crippen molar-refractivity contribution in [3.8, 4) is 16.9 Å². The number of para-hydroxylation sites is 1. The largest absolute Gasteiger partial charge is 0.434 e. The predicted octanol–water partition coefficient (Wildman–Crippen LogP) is 5.24. The number of nitrogens with zero attached hydrogens (tertiary/aromatic N) is 4. The van der Waals surface area contributed by atoms with Crippen molar-refractivity contribution in [3.63, 3.8) is 0 Å². The molecule has 1 N–H and O–H groups in total. The summed E-state index contributed by atoms with van der Waals surface area (Å²) in [6.45, 7) is -2.49. The molecule has 37 heavy (non-hydrogen) atoms. The van der Waals surface area contributed by atoms with Crippen molar-refractivity contribution in [2.45, 2.75) is 43.7 Å². The zero-order chi connectivity index (χ0) is 25.7. The van der Waals surface area contributed by atoms with Crippen LogP contribution in [0.2, 0.25) is 0 Å². The van der Waals surface area contributed by atoms with E-state index < -0.39 is 30.2 Å². The minimum atomic E-state index is -3.04. The highest BCUT2D eigenvalue weighted by Crippen LogP contribution is 2.45. The van der Waals surface area contributed by atoms with Gasteiger partial charge in [0, 0.05) is 48.3 Å². The second-order valence-corrected chi connectivity index (χ2v) is 9.19. The molecular weight excluding hydrogens is 492 g/mol. The number of benzene rings is 2. The number of aliphatic hydroxyl groups is 1. The van der Waals surface area contributed by atoms with Crippen LogP contribution in [0.3, 0.4) is 0 Å². The lowest BCUT2D eigenvalue weighted by Gasteiger charge is -2.27. The van der Waals surface area contributed by atoms with E-state index in [0.29, 0.717) is 16.6 Å². The van der Waals surface area contributed by atoms with E-state index in [1.165, 1.54) is 29.1 Å². The van der Waals surface area contributed by atoms with Gasteiger partial charge in [0.25, 0.3) is 0 Å². The van der Waals surface area contributed by atoms with E-state index in [1.54, 1.807) is 24.3 Å². The number of ether oxygens (including phenoxy) is 2. The van der Waals surface area contributed by atoms with Crippen LogP contribution in [0.1, 0.15) is 48.6 Å². The molecule has 0 saturated carbocycles. The summed E-state index contributed by atoms with van der Waals surface area (Å²) in [4.78, 5) is 12.8. The van der Waals surface area contributed by atoms with Crippen molar-refractivity contribution < 1.29 is 32.1 Å². The van der Waals surface area contributed by atoms with E-state index in [-0.39, 0.29) is 61.0 Å². The minimum Gasteiger partial charge on any atom is -0.434 e. The number of alkyl halides is 3. The Hall–Kier alpha value is -3.57. The summed E-state index contributed by atoms with van der Waals surface area (Å²) in [5.74, 6) is -0.434. The first kappa shape index (κ1) is 23.8. The Balaban J connectivity index is 1.43. The van der Waals surface area contributed by atoms with Gasteiger partial charge in [-0.15, -0.1) is 0 Å². The van der Waals surface area contributed by atoms with Crippen LogP contribution in [0.5, 0.6) is 5.75 Å². The number of aliphatic hydroxyl groups excluding tert-OH is 1. The average Bonchev–Trinajstić information content (AvgIpc) is 3.43. The van der Waals surface area contributed by atoms with E-state index in [9.17, 15) is 13.9 Å². The summed E-state index contributed by atoms with van der Waals surface area (Å²) in [5, 5.41) is 10.7. The topological polar surface area (TPSA) is 82.3 Å². The molecule has 2 aliphatic rings. The molecule has 2 aromatic carbocycles. The Labute approximate surface area is 208 Å². The van der Waals surface area contributed by atoms with Crippen molar-refractivity contribution >= 4 is 11.0 Å². The zero-order valence-corrected chi connectivity index (χ0v) is 19.5. The van der Waals surface area contributed by atoms with Crippen molar-refractivity contribution in [2.24, 2.45) is 0 Å². The third-order valence-corrected chi connectivity index (χ3v) is 7.02. The van der Waals surface area contributed by atoms with Crippen LogP contribution in [0, 0.1) is 5.82 Å². The van der Waals surface area contributed by atoms with Crippen LogP contribution >= 0.6 is 0 Å². The van der Waals surface area contributed by atoms with Crippen molar-refractivity contribution in [1.82, 2.24) is 19.5 Å². The van der Waals surface area contributed by atoms with Gasteiger partial charge in [-0.3, -0.25) is 0 Å². The van der Waals surface area contributed by atoms with Gasteiger partial charge in [0.1, 0.15) is 23.2 Å². The lowest BCUT2D eigenvalue weighted by atomic mass is 9.95. The average molecular weight is 514 g/mol. The lowest BCUT2D eigenvalue weighted by Crippen LogP contribution is -2.31. The molecule has 0 spiro atoms. The molecule has 0 bridgehead atoms. The van der Waals surface area contributed by atoms with Crippen LogP contribution in [-0.2, 0) is 10.4 Å². The highest BCUT2D eigenvalue weighted by Gasteiger charge is 2.38. The number of imidazole rings is 1. The van der Waals surface area contributed by atoms with Gasteiger partial charge in [0.05, 0.1) is 24.8 Å². The van der Waals surface area contributed by atoms with Crippen LogP contribution in [0.15, 0.2) is 48.8 Å². The van der Waals surface area contributed by atoms with E-state index >= 15 is 8.78 Å². The molecule has 2 aromatic heterocycles. The van der Waals surface area contributed by atoms with Crippen molar-refractivity contribution in [3.05, 3.63) is 71.8 Å². The van der Waals surface area contributed by atoms with Gasteiger partial charge in [-0.2, -0.15) is 8.78 Å². The number of hydrogen-bond donors (Lipinski definition) is 1. The maximum atomic E-state index is 16.1. The fraction of sp³-hybridized carbons (Fsp3) is 0.346. The molecule has 0 radical (unpaired) electrons. The van der Waals surface area contributed by atoms with Crippen LogP contribution in [0.25, 0.3) is 22.2 Å². The van der Waals surface area contributed by atoms with Gasteiger partial charge in [-0.05, 0) is 18.2 Å². The number of rotatable bonds is 5. The third kappa shape index (κ3) is 4.02. The molecule has 2 aliphatic heterocycles. The Bertz CT molecular complexity index is 1450. The van der Waals surface area contributed by atoms with Crippen LogP contribution in [-0.4, -0.2) is 44.5 Å². The maximum absolute atomic E-state index is 16.1. The van der Waals surface area contributed by atoms with Gasteiger partial charge in [-0.1, -0.05) is 18.2 Å². The highest BCUT2D eigenvalue weighted by molar-refractivity contribution is 5.84. The molecule has 1 saturated heterocycles. The number of hydrogen-bond acceptors (Lipinski definition) is 6. The molecule has 192 valence electrons. The monoisotopic (exact) mass is 514 g/mol. The van der Waals surface area contributed by atoms with Gasteiger partial charge in [-0.25, -0.2) is 23.7 Å². The van der Waals surface area contributed by atoms with Gasteiger partial charge < -0.3 is 19.1 Å². The Morgan fingerprint density at radius 2 is 1.81 bits per heavy atom. The summed E-state index contributed by atoms with van der Waals surface area (Å²) in [6.07, 6.45) is 2.14. The molecular formula is C26H22F4N4O3. The summed E-state index contributed by atoms with van der Waals surface area (Å²) in [6, 6.07) is 8.67. The first-order valence-electron chi connectivity index (χ1n) is 11.9. The van der Waals surface area contributed by atoms with Gasteiger partial charge >= 0.3 is 6.61 Å². The standard InChI is InChI=1S/C26H22F4N4O3/c27-21-15(14-12-31-24(32-13-14)26(30)7-9-36-10-8-26)5-6-17-22(21)34-18(11-19(35)23(34)33-17)16-3-1-2-4-20(16)37-25(28)29/h1-6,12-13,18-19,25,35H,7-11H2. The summed E-state index contributed by atoms with van der Waals surface area (Å²) >= 11 is 0. The second-order valence-electron chi connectivity index (χ2n) is 9.19. The van der Waals surface area contributed by atoms with E-state index in [2.05, 4.69) is 15.0 Å². The fourth-order valence-corrected chi connectivity index (χ4v) is 5.20. The van der Waals surface area contributed by atoms with Gasteiger partial charge in [0.15, 0.2) is 17.3 Å². The van der Waals surface area contributed by atoms with E-state index in [1.807, 2.05) is 0 Å². The normalized spacial score (nSPS) is 20.9. The molecule has 6 rings (SSSR count). The summed E-state index contributed by atoms with van der Waals surface area (Å²) in [7, 11) is 0. The first-order valence-corrected chi connectivity index (χ1v) is 11.9. The highest BCUT2D eigenvalue weighted by atomic mass is 19.3. The molecule has 4 heterocycles. The number of aromatic nitrogens is 4. The predicted molar refractivity (Wildman–Crippen MR) is 124 cm³/mol. The molecule has 4 aromatic rings. The molecule has 11 heteroatoms. The van der Waals surface area contributed by atoms with Gasteiger partial charge in [0.2, 0.25) is 0 Å². The lowest BCUT2D eigenvalue weighted by molar-refractivity contribution is -0.0507. The smallest absolute Gasteiger partial charge is 0.387 e. The van der Waals surface area contributed by atoms with Crippen molar-refractivity contribution in [2.75, 3.05) is 13.2 Å². The van der Waals surface area contributed by atoms with Crippen LogP contribution in [0.4, 0.5) is 17.6 Å². The zero-order valence-electron chi connectivity index (χ0n) is 19.5. The van der Waals surface area contributed by atoms with E-state index in [0.717, 1.165) is 0 Å². The molecule has 1 fully saturated rings. The molecule has 0 aliphatic carbocycles. The fourth-order valence-electron chi connectivity index (χ4n) is 5.20. The first-order chi connectivity index (χ1) is 17.9. The number of halogens is 4. The Morgan fingerprint density at radius 1 is 1.08 bits per heavy atom. The third-order valence-electron chi connectivity index (χ3n) is 7.02. The second kappa shape index (κ2) is 9.07. The van der Waals surface area contributed by atoms with Crippen molar-refractivity contribution in [1.29, 1.82) is 0 Å². The Kier molecular flexibility index (Phi) is 5.84. The molecule has 2 unspecified atom stereocenters. The quantitative estimate of drug-likeness (QED) is 0.367. The summed E-state index contributed by atoms with van der Waals surface area (Å²) in [5.41, 5.74) is -0.402. The maximum Gasteiger partial charge on any atom is 0.387 e. The number of fused-ring (bicyclic) bond motifs is 3. The van der Waals surface area contributed by atoms with Crippen LogP contribution < -0.4 is 4.74 Å². The molecule has 0 amide bonds. The van der Waals surface area contributed by atoms with E-state index in [4.69, 9.17) is 9.47 Å². The Morgan fingerprint density at radius 3 is 2.54 bits per heavy atom. The minimum absolute atomic E-state index is 0.0325. The molecule has 2 atom stereocenters. The SMILES string of the molecule is OC1CC(c2ccccc2OC(F)F)n2c1nc1ccc(-c3cnc(C4(F)CCOCC4)nc3)c(F)c12.